The van der Waals surface area contributed by atoms with Crippen molar-refractivity contribution in [3.05, 3.63) is 23.9 Å². The molecule has 0 aromatic carbocycles. The first kappa shape index (κ1) is 11.9. The van der Waals surface area contributed by atoms with Gasteiger partial charge in [0.25, 0.3) is 0 Å². The number of aromatic nitrogens is 3. The van der Waals surface area contributed by atoms with Gasteiger partial charge in [-0.15, -0.1) is 5.10 Å². The number of pyridine rings is 1. The Morgan fingerprint density at radius 2 is 2.18 bits per heavy atom. The Morgan fingerprint density at radius 1 is 1.29 bits per heavy atom. The molecule has 2 heterocycles. The molecule has 0 spiro atoms. The van der Waals surface area contributed by atoms with Crippen LogP contribution in [0.1, 0.15) is 24.8 Å². The van der Waals surface area contributed by atoms with E-state index >= 15 is 0 Å². The van der Waals surface area contributed by atoms with E-state index in [9.17, 15) is 0 Å². The topological polar surface area (TPSA) is 62.5 Å². The third-order valence-corrected chi connectivity index (χ3v) is 2.60. The second-order valence-electron chi connectivity index (χ2n) is 4.16. The molecule has 0 amide bonds. The number of anilines is 1. The van der Waals surface area contributed by atoms with Crippen LogP contribution in [0.5, 0.6) is 0 Å². The summed E-state index contributed by atoms with van der Waals surface area (Å²) in [6, 6.07) is 3.98. The van der Waals surface area contributed by atoms with Crippen LogP contribution < -0.4 is 5.32 Å². The number of fused-ring (bicyclic) bond motifs is 1. The standard InChI is InChI=1S/C12H18N4O/c1-10-5-6-11-14-12(15-16(11)9-10)13-7-3-2-4-8-17/h5-6,9,17H,2-4,7-8H2,1H3,(H,13,15). The van der Waals surface area contributed by atoms with E-state index < -0.39 is 0 Å². The Morgan fingerprint density at radius 3 is 3.00 bits per heavy atom. The van der Waals surface area contributed by atoms with Gasteiger partial charge in [0.2, 0.25) is 5.95 Å². The molecule has 92 valence electrons. The summed E-state index contributed by atoms with van der Waals surface area (Å²) in [6.07, 6.45) is 4.86. The van der Waals surface area contributed by atoms with Gasteiger partial charge in [0.1, 0.15) is 0 Å². The van der Waals surface area contributed by atoms with E-state index in [1.54, 1.807) is 4.52 Å². The highest BCUT2D eigenvalue weighted by atomic mass is 16.2. The van der Waals surface area contributed by atoms with E-state index in [4.69, 9.17) is 5.11 Å². The maximum Gasteiger partial charge on any atom is 0.243 e. The molecule has 0 radical (unpaired) electrons. The fraction of sp³-hybridized carbons (Fsp3) is 0.500. The zero-order valence-corrected chi connectivity index (χ0v) is 10.1. The molecule has 2 rings (SSSR count). The van der Waals surface area contributed by atoms with Gasteiger partial charge in [0.05, 0.1) is 0 Å². The number of nitrogens with zero attached hydrogens (tertiary/aromatic N) is 3. The number of unbranched alkanes of at least 4 members (excludes halogenated alkanes) is 2. The van der Waals surface area contributed by atoms with Crippen LogP contribution in [0, 0.1) is 6.92 Å². The normalized spacial score (nSPS) is 10.9. The van der Waals surface area contributed by atoms with Crippen molar-refractivity contribution >= 4 is 11.6 Å². The van der Waals surface area contributed by atoms with Crippen molar-refractivity contribution in [1.29, 1.82) is 0 Å². The first-order valence-corrected chi connectivity index (χ1v) is 5.97. The summed E-state index contributed by atoms with van der Waals surface area (Å²) in [7, 11) is 0. The van der Waals surface area contributed by atoms with Crippen LogP contribution in [0.15, 0.2) is 18.3 Å². The molecule has 0 saturated carbocycles. The monoisotopic (exact) mass is 234 g/mol. The quantitative estimate of drug-likeness (QED) is 0.745. The van der Waals surface area contributed by atoms with E-state index in [2.05, 4.69) is 15.4 Å². The Hall–Kier alpha value is -1.62. The van der Waals surface area contributed by atoms with Crippen LogP contribution in [0.3, 0.4) is 0 Å². The zero-order valence-electron chi connectivity index (χ0n) is 10.1. The van der Waals surface area contributed by atoms with Crippen LogP contribution in [0.4, 0.5) is 5.95 Å². The number of aliphatic hydroxyl groups is 1. The molecule has 0 unspecified atom stereocenters. The van der Waals surface area contributed by atoms with Gasteiger partial charge in [-0.1, -0.05) is 6.07 Å². The predicted molar refractivity (Wildman–Crippen MR) is 67.2 cm³/mol. The van der Waals surface area contributed by atoms with Crippen molar-refractivity contribution < 1.29 is 5.11 Å². The summed E-state index contributed by atoms with van der Waals surface area (Å²) in [5, 5.41) is 16.2. The molecule has 17 heavy (non-hydrogen) atoms. The molecule has 0 aliphatic rings. The van der Waals surface area contributed by atoms with Gasteiger partial charge in [0.15, 0.2) is 5.65 Å². The SMILES string of the molecule is Cc1ccc2nc(NCCCCCO)nn2c1. The second-order valence-corrected chi connectivity index (χ2v) is 4.16. The molecule has 0 bridgehead atoms. The maximum atomic E-state index is 8.66. The van der Waals surface area contributed by atoms with E-state index in [1.165, 1.54) is 0 Å². The molecular weight excluding hydrogens is 216 g/mol. The van der Waals surface area contributed by atoms with Gasteiger partial charge in [-0.2, -0.15) is 4.98 Å². The largest absolute Gasteiger partial charge is 0.396 e. The van der Waals surface area contributed by atoms with Crippen molar-refractivity contribution in [2.45, 2.75) is 26.2 Å². The number of rotatable bonds is 6. The molecule has 5 heteroatoms. The van der Waals surface area contributed by atoms with Gasteiger partial charge in [-0.3, -0.25) is 0 Å². The summed E-state index contributed by atoms with van der Waals surface area (Å²) in [4.78, 5) is 4.36. The lowest BCUT2D eigenvalue weighted by Crippen LogP contribution is -2.03. The first-order chi connectivity index (χ1) is 8.29. The number of aliphatic hydroxyl groups excluding tert-OH is 1. The van der Waals surface area contributed by atoms with E-state index in [0.29, 0.717) is 5.95 Å². The fourth-order valence-corrected chi connectivity index (χ4v) is 1.67. The molecule has 2 aromatic heterocycles. The van der Waals surface area contributed by atoms with Gasteiger partial charge >= 0.3 is 0 Å². The van der Waals surface area contributed by atoms with Gasteiger partial charge < -0.3 is 10.4 Å². The van der Waals surface area contributed by atoms with Crippen molar-refractivity contribution in [2.75, 3.05) is 18.5 Å². The van der Waals surface area contributed by atoms with Gasteiger partial charge in [-0.25, -0.2) is 4.52 Å². The summed E-state index contributed by atoms with van der Waals surface area (Å²) in [5.74, 6) is 0.666. The van der Waals surface area contributed by atoms with E-state index in [0.717, 1.165) is 37.0 Å². The lowest BCUT2D eigenvalue weighted by atomic mass is 10.2. The smallest absolute Gasteiger partial charge is 0.243 e. The van der Waals surface area contributed by atoms with Crippen molar-refractivity contribution in [3.8, 4) is 0 Å². The fourth-order valence-electron chi connectivity index (χ4n) is 1.67. The molecule has 5 nitrogen and oxygen atoms in total. The predicted octanol–water partition coefficient (Wildman–Crippen LogP) is 1.61. The minimum atomic E-state index is 0.270. The number of aryl methyl sites for hydroxylation is 1. The number of nitrogens with one attached hydrogen (secondary N) is 1. The van der Waals surface area contributed by atoms with Crippen LogP contribution in [-0.2, 0) is 0 Å². The minimum Gasteiger partial charge on any atom is -0.396 e. The Labute approximate surface area is 100 Å². The lowest BCUT2D eigenvalue weighted by Gasteiger charge is -1.99. The Kier molecular flexibility index (Phi) is 3.93. The van der Waals surface area contributed by atoms with Crippen molar-refractivity contribution in [1.82, 2.24) is 14.6 Å². The molecule has 2 aromatic rings. The Bertz CT molecular complexity index is 480. The second kappa shape index (κ2) is 5.63. The molecular formula is C12H18N4O. The molecule has 0 aliphatic carbocycles. The summed E-state index contributed by atoms with van der Waals surface area (Å²) >= 11 is 0. The Balaban J connectivity index is 1.91. The zero-order chi connectivity index (χ0) is 12.1. The summed E-state index contributed by atoms with van der Waals surface area (Å²) in [5.41, 5.74) is 2.02. The van der Waals surface area contributed by atoms with Crippen LogP contribution in [0.2, 0.25) is 0 Å². The third-order valence-electron chi connectivity index (χ3n) is 2.60. The van der Waals surface area contributed by atoms with Crippen LogP contribution in [0.25, 0.3) is 5.65 Å². The average Bonchev–Trinajstić information content (AvgIpc) is 2.70. The first-order valence-electron chi connectivity index (χ1n) is 5.97. The van der Waals surface area contributed by atoms with Crippen molar-refractivity contribution in [3.63, 3.8) is 0 Å². The molecule has 0 saturated heterocycles. The van der Waals surface area contributed by atoms with Crippen LogP contribution in [-0.4, -0.2) is 32.9 Å². The average molecular weight is 234 g/mol. The highest BCUT2D eigenvalue weighted by Crippen LogP contribution is 2.07. The highest BCUT2D eigenvalue weighted by Gasteiger charge is 2.01. The molecule has 0 fully saturated rings. The van der Waals surface area contributed by atoms with E-state index in [-0.39, 0.29) is 6.61 Å². The maximum absolute atomic E-state index is 8.66. The van der Waals surface area contributed by atoms with Gasteiger partial charge in [0, 0.05) is 19.3 Å². The molecule has 0 atom stereocenters. The minimum absolute atomic E-state index is 0.270. The summed E-state index contributed by atoms with van der Waals surface area (Å²) < 4.78 is 1.78. The van der Waals surface area contributed by atoms with Gasteiger partial charge in [-0.05, 0) is 37.8 Å². The lowest BCUT2D eigenvalue weighted by molar-refractivity contribution is 0.283. The third kappa shape index (κ3) is 3.17. The number of hydrogen-bond acceptors (Lipinski definition) is 4. The van der Waals surface area contributed by atoms with Crippen LogP contribution >= 0.6 is 0 Å². The highest BCUT2D eigenvalue weighted by molar-refractivity contribution is 5.43. The molecule has 2 N–H and O–H groups in total. The number of hydrogen-bond donors (Lipinski definition) is 2. The molecule has 0 aliphatic heterocycles. The van der Waals surface area contributed by atoms with Crippen molar-refractivity contribution in [2.24, 2.45) is 0 Å². The summed E-state index contributed by atoms with van der Waals surface area (Å²) in [6.45, 7) is 3.14. The van der Waals surface area contributed by atoms with E-state index in [1.807, 2.05) is 25.3 Å².